The number of hydrogen-bond donors (Lipinski definition) is 0. The molecule has 0 aromatic carbocycles. The molecule has 2 aromatic rings. The van der Waals surface area contributed by atoms with Crippen molar-refractivity contribution in [2.45, 2.75) is 62.3 Å². The lowest BCUT2D eigenvalue weighted by atomic mass is 9.97. The Kier molecular flexibility index (Phi) is 5.03. The molecule has 2 saturated heterocycles. The second-order valence-corrected chi connectivity index (χ2v) is 10.3. The van der Waals surface area contributed by atoms with E-state index in [2.05, 4.69) is 24.6 Å². The molecular formula is C20H28N6O2S. The van der Waals surface area contributed by atoms with Crippen LogP contribution >= 0.6 is 0 Å². The fourth-order valence-electron chi connectivity index (χ4n) is 4.84. The van der Waals surface area contributed by atoms with Crippen molar-refractivity contribution in [1.29, 1.82) is 0 Å². The summed E-state index contributed by atoms with van der Waals surface area (Å²) >= 11 is 0. The van der Waals surface area contributed by atoms with Gasteiger partial charge in [-0.2, -0.15) is 4.31 Å². The van der Waals surface area contributed by atoms with E-state index in [0.717, 1.165) is 82.0 Å². The molecular weight excluding hydrogens is 388 g/mol. The third-order valence-corrected chi connectivity index (χ3v) is 8.30. The van der Waals surface area contributed by atoms with Gasteiger partial charge >= 0.3 is 0 Å². The molecule has 2 aromatic heterocycles. The predicted octanol–water partition coefficient (Wildman–Crippen LogP) is 2.18. The molecule has 0 bridgehead atoms. The summed E-state index contributed by atoms with van der Waals surface area (Å²) in [5.41, 5.74) is 0. The molecule has 29 heavy (non-hydrogen) atoms. The summed E-state index contributed by atoms with van der Waals surface area (Å²) < 4.78 is 29.6. The first-order chi connectivity index (χ1) is 14.1. The van der Waals surface area contributed by atoms with Gasteiger partial charge in [0.15, 0.2) is 0 Å². The number of aryl methyl sites for hydroxylation is 1. The number of aromatic nitrogens is 4. The van der Waals surface area contributed by atoms with Gasteiger partial charge in [0, 0.05) is 51.3 Å². The fraction of sp³-hybridized carbons (Fsp3) is 0.650. The van der Waals surface area contributed by atoms with E-state index in [0.29, 0.717) is 23.9 Å². The average molecular weight is 417 g/mol. The summed E-state index contributed by atoms with van der Waals surface area (Å²) in [6.45, 7) is 4.03. The van der Waals surface area contributed by atoms with Crippen molar-refractivity contribution in [2.75, 3.05) is 31.1 Å². The molecule has 0 amide bonds. The zero-order valence-electron chi connectivity index (χ0n) is 16.7. The molecule has 156 valence electrons. The second-order valence-electron chi connectivity index (χ2n) is 8.33. The Morgan fingerprint density at radius 2 is 1.79 bits per heavy atom. The van der Waals surface area contributed by atoms with Gasteiger partial charge in [-0.3, -0.25) is 0 Å². The van der Waals surface area contributed by atoms with Crippen LogP contribution in [-0.4, -0.2) is 58.7 Å². The lowest BCUT2D eigenvalue weighted by Crippen LogP contribution is -2.36. The number of rotatable bonds is 4. The molecule has 9 heteroatoms. The maximum atomic E-state index is 12.8. The third-order valence-electron chi connectivity index (χ3n) is 6.42. The number of nitrogens with zero attached hydrogens (tertiary/aromatic N) is 6. The summed E-state index contributed by atoms with van der Waals surface area (Å²) in [5, 5.41) is 8.83. The topological polar surface area (TPSA) is 84.2 Å². The summed E-state index contributed by atoms with van der Waals surface area (Å²) in [6, 6.07) is 3.57. The Labute approximate surface area is 172 Å². The van der Waals surface area contributed by atoms with Gasteiger partial charge in [-0.15, -0.1) is 10.2 Å². The second kappa shape index (κ2) is 7.68. The van der Waals surface area contributed by atoms with Crippen LogP contribution in [0.3, 0.4) is 0 Å². The van der Waals surface area contributed by atoms with E-state index in [-0.39, 0.29) is 0 Å². The highest BCUT2D eigenvalue weighted by atomic mass is 32.2. The minimum Gasteiger partial charge on any atom is -0.356 e. The fourth-order valence-corrected chi connectivity index (χ4v) is 6.30. The molecule has 8 nitrogen and oxygen atoms in total. The summed E-state index contributed by atoms with van der Waals surface area (Å²) in [6.07, 6.45) is 8.86. The van der Waals surface area contributed by atoms with E-state index in [1.165, 1.54) is 6.20 Å². The SMILES string of the molecule is O=S(=O)(c1ccc(N2CCCC(c3nnc4n3CCC4)C2)nc1)N1CCCCC1. The van der Waals surface area contributed by atoms with Crippen LogP contribution in [0.1, 0.15) is 56.1 Å². The summed E-state index contributed by atoms with van der Waals surface area (Å²) in [7, 11) is -3.43. The van der Waals surface area contributed by atoms with E-state index >= 15 is 0 Å². The minimum absolute atomic E-state index is 0.298. The van der Waals surface area contributed by atoms with Crippen LogP contribution < -0.4 is 4.90 Å². The van der Waals surface area contributed by atoms with Crippen LogP contribution in [0.5, 0.6) is 0 Å². The standard InChI is InChI=1S/C20H28N6O2S/c27-29(28,25-11-2-1-3-12-25)17-8-9-18(21-14-17)24-10-4-6-16(15-24)20-23-22-19-7-5-13-26(19)20/h8-9,14,16H,1-7,10-13,15H2. The first-order valence-corrected chi connectivity index (χ1v) is 12.2. The number of hydrogen-bond acceptors (Lipinski definition) is 6. The van der Waals surface area contributed by atoms with Crippen molar-refractivity contribution in [3.63, 3.8) is 0 Å². The smallest absolute Gasteiger partial charge is 0.244 e. The van der Waals surface area contributed by atoms with Gasteiger partial charge in [0.1, 0.15) is 22.4 Å². The Morgan fingerprint density at radius 1 is 0.931 bits per heavy atom. The van der Waals surface area contributed by atoms with Crippen molar-refractivity contribution < 1.29 is 8.42 Å². The molecule has 1 atom stereocenters. The van der Waals surface area contributed by atoms with E-state index < -0.39 is 10.0 Å². The largest absolute Gasteiger partial charge is 0.356 e. The molecule has 0 spiro atoms. The van der Waals surface area contributed by atoms with E-state index in [4.69, 9.17) is 0 Å². The summed E-state index contributed by atoms with van der Waals surface area (Å²) in [5.74, 6) is 3.41. The minimum atomic E-state index is -3.43. The third kappa shape index (κ3) is 3.54. The molecule has 0 N–H and O–H groups in total. The van der Waals surface area contributed by atoms with Crippen molar-refractivity contribution in [3.05, 3.63) is 30.0 Å². The quantitative estimate of drug-likeness (QED) is 0.760. The highest BCUT2D eigenvalue weighted by Crippen LogP contribution is 2.31. The zero-order chi connectivity index (χ0) is 19.8. The van der Waals surface area contributed by atoms with E-state index in [1.54, 1.807) is 10.4 Å². The van der Waals surface area contributed by atoms with Gasteiger partial charge in [0.25, 0.3) is 0 Å². The van der Waals surface area contributed by atoms with Gasteiger partial charge < -0.3 is 9.47 Å². The van der Waals surface area contributed by atoms with Crippen LogP contribution in [-0.2, 0) is 23.0 Å². The molecule has 0 radical (unpaired) electrons. The Bertz CT molecular complexity index is 965. The zero-order valence-corrected chi connectivity index (χ0v) is 17.5. The van der Waals surface area contributed by atoms with Crippen LogP contribution in [0.2, 0.25) is 0 Å². The lowest BCUT2D eigenvalue weighted by molar-refractivity contribution is 0.346. The number of anilines is 1. The Morgan fingerprint density at radius 3 is 2.59 bits per heavy atom. The van der Waals surface area contributed by atoms with Crippen LogP contribution in [0.25, 0.3) is 0 Å². The molecule has 3 aliphatic heterocycles. The monoisotopic (exact) mass is 416 g/mol. The van der Waals surface area contributed by atoms with Crippen molar-refractivity contribution in [3.8, 4) is 0 Å². The molecule has 1 unspecified atom stereocenters. The Balaban J connectivity index is 1.32. The molecule has 3 aliphatic rings. The molecule has 5 rings (SSSR count). The predicted molar refractivity (Wildman–Crippen MR) is 109 cm³/mol. The van der Waals surface area contributed by atoms with Gasteiger partial charge in [-0.1, -0.05) is 6.42 Å². The lowest BCUT2D eigenvalue weighted by Gasteiger charge is -2.33. The van der Waals surface area contributed by atoms with Gasteiger partial charge in [-0.05, 0) is 44.2 Å². The first-order valence-electron chi connectivity index (χ1n) is 10.8. The van der Waals surface area contributed by atoms with Crippen LogP contribution in [0, 0.1) is 0 Å². The van der Waals surface area contributed by atoms with Gasteiger partial charge in [0.05, 0.1) is 0 Å². The van der Waals surface area contributed by atoms with Gasteiger partial charge in [-0.25, -0.2) is 13.4 Å². The molecule has 0 saturated carbocycles. The Hall–Kier alpha value is -2.00. The van der Waals surface area contributed by atoms with Crippen LogP contribution in [0.15, 0.2) is 23.2 Å². The van der Waals surface area contributed by atoms with Gasteiger partial charge in [0.2, 0.25) is 10.0 Å². The number of pyridine rings is 1. The van der Waals surface area contributed by atoms with Crippen molar-refractivity contribution in [1.82, 2.24) is 24.1 Å². The number of fused-ring (bicyclic) bond motifs is 1. The van der Waals surface area contributed by atoms with E-state index in [1.807, 2.05) is 6.07 Å². The van der Waals surface area contributed by atoms with E-state index in [9.17, 15) is 8.42 Å². The molecule has 2 fully saturated rings. The first kappa shape index (κ1) is 19.0. The van der Waals surface area contributed by atoms with Crippen molar-refractivity contribution in [2.24, 2.45) is 0 Å². The number of sulfonamides is 1. The van der Waals surface area contributed by atoms with Crippen molar-refractivity contribution >= 4 is 15.8 Å². The average Bonchev–Trinajstić information content (AvgIpc) is 3.39. The highest BCUT2D eigenvalue weighted by molar-refractivity contribution is 7.89. The molecule has 0 aliphatic carbocycles. The maximum absolute atomic E-state index is 12.8. The van der Waals surface area contributed by atoms with Crippen LogP contribution in [0.4, 0.5) is 5.82 Å². The number of piperidine rings is 2. The molecule has 5 heterocycles. The highest BCUT2D eigenvalue weighted by Gasteiger charge is 2.30. The summed E-state index contributed by atoms with van der Waals surface area (Å²) in [4.78, 5) is 7.08. The normalized spacial score (nSPS) is 23.3. The maximum Gasteiger partial charge on any atom is 0.244 e.